The molecule has 1 amide bonds. The molecular weight excluding hydrogens is 252 g/mol. The SMILES string of the molecule is CC(C)(C)NC(=O)CNc1nc(N)ncc1[N+](=O)[O-]. The number of rotatable bonds is 4. The lowest BCUT2D eigenvalue weighted by Gasteiger charge is -2.20. The van der Waals surface area contributed by atoms with E-state index in [0.717, 1.165) is 6.20 Å². The number of carbonyl (C=O) groups excluding carboxylic acids is 1. The Morgan fingerprint density at radius 2 is 2.16 bits per heavy atom. The largest absolute Gasteiger partial charge is 0.368 e. The molecule has 1 aromatic rings. The van der Waals surface area contributed by atoms with Gasteiger partial charge in [0, 0.05) is 5.54 Å². The van der Waals surface area contributed by atoms with Gasteiger partial charge in [0.05, 0.1) is 11.5 Å². The molecular formula is C10H16N6O3. The van der Waals surface area contributed by atoms with Crippen LogP contribution < -0.4 is 16.4 Å². The lowest BCUT2D eigenvalue weighted by atomic mass is 10.1. The minimum absolute atomic E-state index is 0.0819. The van der Waals surface area contributed by atoms with Crippen molar-refractivity contribution in [3.63, 3.8) is 0 Å². The fourth-order valence-electron chi connectivity index (χ4n) is 1.28. The van der Waals surface area contributed by atoms with E-state index in [-0.39, 0.29) is 35.4 Å². The lowest BCUT2D eigenvalue weighted by Crippen LogP contribution is -2.43. The maximum absolute atomic E-state index is 11.6. The van der Waals surface area contributed by atoms with E-state index in [9.17, 15) is 14.9 Å². The average Bonchev–Trinajstić information content (AvgIpc) is 2.23. The predicted molar refractivity (Wildman–Crippen MR) is 69.5 cm³/mol. The summed E-state index contributed by atoms with van der Waals surface area (Å²) in [6.07, 6.45) is 0.992. The van der Waals surface area contributed by atoms with Crippen molar-refractivity contribution in [3.8, 4) is 0 Å². The zero-order valence-electron chi connectivity index (χ0n) is 10.9. The number of amides is 1. The lowest BCUT2D eigenvalue weighted by molar-refractivity contribution is -0.384. The predicted octanol–water partition coefficient (Wildman–Crippen LogP) is 0.294. The van der Waals surface area contributed by atoms with Gasteiger partial charge >= 0.3 is 5.69 Å². The fourth-order valence-corrected chi connectivity index (χ4v) is 1.28. The second-order valence-electron chi connectivity index (χ2n) is 4.87. The first-order valence-electron chi connectivity index (χ1n) is 5.51. The first kappa shape index (κ1) is 14.6. The Morgan fingerprint density at radius 1 is 1.53 bits per heavy atom. The summed E-state index contributed by atoms with van der Waals surface area (Å²) >= 11 is 0. The molecule has 1 heterocycles. The number of carbonyl (C=O) groups is 1. The van der Waals surface area contributed by atoms with Gasteiger partial charge in [-0.25, -0.2) is 4.98 Å². The molecule has 0 fully saturated rings. The highest BCUT2D eigenvalue weighted by molar-refractivity contribution is 5.81. The second-order valence-corrected chi connectivity index (χ2v) is 4.87. The third-order valence-electron chi connectivity index (χ3n) is 1.92. The van der Waals surface area contributed by atoms with Gasteiger partial charge in [-0.2, -0.15) is 4.98 Å². The summed E-state index contributed by atoms with van der Waals surface area (Å²) in [5, 5.41) is 16.0. The number of nitro groups is 1. The summed E-state index contributed by atoms with van der Waals surface area (Å²) in [6, 6.07) is 0. The Hall–Kier alpha value is -2.45. The van der Waals surface area contributed by atoms with E-state index < -0.39 is 4.92 Å². The Labute approximate surface area is 109 Å². The fraction of sp³-hybridized carbons (Fsp3) is 0.500. The van der Waals surface area contributed by atoms with Crippen molar-refractivity contribution < 1.29 is 9.72 Å². The molecule has 9 nitrogen and oxygen atoms in total. The molecule has 0 atom stereocenters. The molecule has 1 rings (SSSR count). The van der Waals surface area contributed by atoms with Crippen LogP contribution in [-0.4, -0.2) is 32.9 Å². The van der Waals surface area contributed by atoms with Gasteiger partial charge in [-0.15, -0.1) is 0 Å². The van der Waals surface area contributed by atoms with Gasteiger partial charge in [0.25, 0.3) is 0 Å². The van der Waals surface area contributed by atoms with E-state index in [4.69, 9.17) is 5.73 Å². The summed E-state index contributed by atoms with van der Waals surface area (Å²) in [7, 11) is 0. The van der Waals surface area contributed by atoms with E-state index in [1.807, 2.05) is 20.8 Å². The number of anilines is 2. The van der Waals surface area contributed by atoms with Gasteiger partial charge in [0.2, 0.25) is 17.7 Å². The van der Waals surface area contributed by atoms with Gasteiger partial charge in [0.15, 0.2) is 0 Å². The van der Waals surface area contributed by atoms with Crippen LogP contribution in [0.1, 0.15) is 20.8 Å². The number of nitrogens with one attached hydrogen (secondary N) is 2. The van der Waals surface area contributed by atoms with Crippen LogP contribution in [0.2, 0.25) is 0 Å². The quantitative estimate of drug-likeness (QED) is 0.527. The molecule has 19 heavy (non-hydrogen) atoms. The summed E-state index contributed by atoms with van der Waals surface area (Å²) in [5.41, 5.74) is 4.64. The van der Waals surface area contributed by atoms with E-state index in [1.54, 1.807) is 0 Å². The molecule has 0 unspecified atom stereocenters. The van der Waals surface area contributed by atoms with Crippen LogP contribution in [0.25, 0.3) is 0 Å². The molecule has 0 aliphatic rings. The van der Waals surface area contributed by atoms with Crippen molar-refractivity contribution in [1.29, 1.82) is 0 Å². The molecule has 0 aromatic carbocycles. The van der Waals surface area contributed by atoms with Crippen LogP contribution >= 0.6 is 0 Å². The molecule has 0 aliphatic carbocycles. The molecule has 0 saturated carbocycles. The Morgan fingerprint density at radius 3 is 2.68 bits per heavy atom. The van der Waals surface area contributed by atoms with Crippen molar-refractivity contribution in [2.45, 2.75) is 26.3 Å². The normalized spacial score (nSPS) is 10.9. The van der Waals surface area contributed by atoms with Crippen molar-refractivity contribution in [3.05, 3.63) is 16.3 Å². The van der Waals surface area contributed by atoms with Gasteiger partial charge in [0.1, 0.15) is 6.20 Å². The minimum Gasteiger partial charge on any atom is -0.368 e. The smallest absolute Gasteiger partial charge is 0.329 e. The number of hydrogen-bond acceptors (Lipinski definition) is 7. The van der Waals surface area contributed by atoms with Crippen LogP contribution in [0.15, 0.2) is 6.20 Å². The third-order valence-corrected chi connectivity index (χ3v) is 1.92. The minimum atomic E-state index is -0.649. The van der Waals surface area contributed by atoms with Crippen LogP contribution in [0, 0.1) is 10.1 Å². The van der Waals surface area contributed by atoms with Crippen LogP contribution in [0.5, 0.6) is 0 Å². The highest BCUT2D eigenvalue weighted by Gasteiger charge is 2.18. The number of nitrogens with zero attached hydrogens (tertiary/aromatic N) is 3. The molecule has 4 N–H and O–H groups in total. The zero-order valence-corrected chi connectivity index (χ0v) is 10.9. The van der Waals surface area contributed by atoms with Crippen molar-refractivity contribution in [2.24, 2.45) is 0 Å². The van der Waals surface area contributed by atoms with Crippen molar-refractivity contribution in [2.75, 3.05) is 17.6 Å². The molecule has 104 valence electrons. The first-order chi connectivity index (χ1) is 8.69. The molecule has 0 bridgehead atoms. The maximum atomic E-state index is 11.6. The summed E-state index contributed by atoms with van der Waals surface area (Å²) in [5.74, 6) is -0.495. The number of nitrogens with two attached hydrogens (primary N) is 1. The van der Waals surface area contributed by atoms with Crippen LogP contribution in [0.4, 0.5) is 17.5 Å². The average molecular weight is 268 g/mol. The maximum Gasteiger partial charge on any atom is 0.329 e. The van der Waals surface area contributed by atoms with Crippen molar-refractivity contribution in [1.82, 2.24) is 15.3 Å². The molecule has 0 spiro atoms. The number of nitrogen functional groups attached to an aromatic ring is 1. The number of aromatic nitrogens is 2. The monoisotopic (exact) mass is 268 g/mol. The third kappa shape index (κ3) is 4.74. The Balaban J connectivity index is 2.75. The van der Waals surface area contributed by atoms with Crippen LogP contribution in [-0.2, 0) is 4.79 Å². The zero-order chi connectivity index (χ0) is 14.6. The van der Waals surface area contributed by atoms with Gasteiger partial charge in [-0.3, -0.25) is 14.9 Å². The Kier molecular flexibility index (Phi) is 4.20. The van der Waals surface area contributed by atoms with E-state index in [0.29, 0.717) is 0 Å². The first-order valence-corrected chi connectivity index (χ1v) is 5.51. The molecule has 1 aromatic heterocycles. The van der Waals surface area contributed by atoms with E-state index in [2.05, 4.69) is 20.6 Å². The van der Waals surface area contributed by atoms with Crippen LogP contribution in [0.3, 0.4) is 0 Å². The summed E-state index contributed by atoms with van der Waals surface area (Å²) in [6.45, 7) is 5.34. The topological polar surface area (TPSA) is 136 Å². The van der Waals surface area contributed by atoms with Gasteiger partial charge < -0.3 is 16.4 Å². The van der Waals surface area contributed by atoms with Gasteiger partial charge in [-0.05, 0) is 20.8 Å². The summed E-state index contributed by atoms with van der Waals surface area (Å²) in [4.78, 5) is 28.9. The summed E-state index contributed by atoms with van der Waals surface area (Å²) < 4.78 is 0. The highest BCUT2D eigenvalue weighted by Crippen LogP contribution is 2.20. The molecule has 9 heteroatoms. The standard InChI is InChI=1S/C10H16N6O3/c1-10(2,3)15-7(17)5-12-8-6(16(18)19)4-13-9(11)14-8/h4H,5H2,1-3H3,(H,15,17)(H3,11,12,13,14). The van der Waals surface area contributed by atoms with Crippen molar-refractivity contribution >= 4 is 23.4 Å². The highest BCUT2D eigenvalue weighted by atomic mass is 16.6. The number of hydrogen-bond donors (Lipinski definition) is 3. The van der Waals surface area contributed by atoms with E-state index >= 15 is 0 Å². The molecule has 0 aliphatic heterocycles. The van der Waals surface area contributed by atoms with Gasteiger partial charge in [-0.1, -0.05) is 0 Å². The molecule has 0 saturated heterocycles. The molecule has 0 radical (unpaired) electrons. The Bertz CT molecular complexity index is 497. The van der Waals surface area contributed by atoms with E-state index in [1.165, 1.54) is 0 Å². The second kappa shape index (κ2) is 5.46.